The van der Waals surface area contributed by atoms with E-state index in [1.165, 1.54) is 0 Å². The van der Waals surface area contributed by atoms with Gasteiger partial charge in [0.1, 0.15) is 12.1 Å². The summed E-state index contributed by atoms with van der Waals surface area (Å²) in [5.74, 6) is -1.37. The van der Waals surface area contributed by atoms with Crippen LogP contribution < -0.4 is 10.6 Å². The fraction of sp³-hybridized carbons (Fsp3) is 0.667. The standard InChI is InChI=1S/C9H14N2O4S/c1-4(2)6(8(13)14)11-7(12)5-3-16-9(15)10-5/h4-6H,3H2,1-2H3,(H,10,15)(H,11,12)(H,13,14)/t5?,6-/m1/s1. The predicted molar refractivity (Wildman–Crippen MR) is 59.2 cm³/mol. The number of hydrogen-bond donors (Lipinski definition) is 3. The van der Waals surface area contributed by atoms with E-state index in [0.29, 0.717) is 5.75 Å². The Labute approximate surface area is 97.2 Å². The summed E-state index contributed by atoms with van der Waals surface area (Å²) in [6.45, 7) is 3.42. The first-order chi connectivity index (χ1) is 7.41. The van der Waals surface area contributed by atoms with Gasteiger partial charge < -0.3 is 15.7 Å². The van der Waals surface area contributed by atoms with E-state index < -0.39 is 24.0 Å². The zero-order valence-electron chi connectivity index (χ0n) is 9.02. The van der Waals surface area contributed by atoms with E-state index in [0.717, 1.165) is 11.8 Å². The molecule has 0 aromatic rings. The Hall–Kier alpha value is -1.24. The highest BCUT2D eigenvalue weighted by Crippen LogP contribution is 2.13. The first kappa shape index (κ1) is 12.8. The monoisotopic (exact) mass is 246 g/mol. The van der Waals surface area contributed by atoms with Crippen molar-refractivity contribution >= 4 is 28.9 Å². The lowest BCUT2D eigenvalue weighted by Crippen LogP contribution is -2.51. The number of hydrogen-bond acceptors (Lipinski definition) is 4. The molecule has 16 heavy (non-hydrogen) atoms. The molecule has 0 bridgehead atoms. The molecule has 6 nitrogen and oxygen atoms in total. The van der Waals surface area contributed by atoms with Crippen LogP contribution in [0.25, 0.3) is 0 Å². The summed E-state index contributed by atoms with van der Waals surface area (Å²) in [5, 5.41) is 13.5. The third kappa shape index (κ3) is 3.13. The van der Waals surface area contributed by atoms with Crippen LogP contribution in [0, 0.1) is 5.92 Å². The Balaban J connectivity index is 2.55. The van der Waals surface area contributed by atoms with Gasteiger partial charge in [0.25, 0.3) is 5.24 Å². The van der Waals surface area contributed by atoms with Crippen molar-refractivity contribution in [3.63, 3.8) is 0 Å². The highest BCUT2D eigenvalue weighted by molar-refractivity contribution is 8.14. The smallest absolute Gasteiger partial charge is 0.326 e. The minimum absolute atomic E-state index is 0.203. The Bertz CT molecular complexity index is 319. The molecule has 0 spiro atoms. The van der Waals surface area contributed by atoms with Gasteiger partial charge >= 0.3 is 5.97 Å². The quantitative estimate of drug-likeness (QED) is 0.650. The van der Waals surface area contributed by atoms with Crippen LogP contribution in [0.1, 0.15) is 13.8 Å². The zero-order valence-corrected chi connectivity index (χ0v) is 9.84. The van der Waals surface area contributed by atoms with E-state index in [-0.39, 0.29) is 11.2 Å². The lowest BCUT2D eigenvalue weighted by atomic mass is 10.0. The van der Waals surface area contributed by atoms with Crippen molar-refractivity contribution in [2.24, 2.45) is 5.92 Å². The van der Waals surface area contributed by atoms with Crippen molar-refractivity contribution in [1.29, 1.82) is 0 Å². The molecule has 1 aliphatic rings. The number of carbonyl (C=O) groups excluding carboxylic acids is 2. The van der Waals surface area contributed by atoms with Gasteiger partial charge in [0.15, 0.2) is 0 Å². The van der Waals surface area contributed by atoms with Gasteiger partial charge in [-0.3, -0.25) is 9.59 Å². The second kappa shape index (κ2) is 5.20. The van der Waals surface area contributed by atoms with E-state index in [1.807, 2.05) is 0 Å². The maximum Gasteiger partial charge on any atom is 0.326 e. The molecule has 1 heterocycles. The fourth-order valence-corrected chi connectivity index (χ4v) is 2.07. The molecule has 7 heteroatoms. The molecule has 2 atom stereocenters. The predicted octanol–water partition coefficient (Wildman–Crippen LogP) is 0.0368. The number of carbonyl (C=O) groups is 3. The summed E-state index contributed by atoms with van der Waals surface area (Å²) in [5.41, 5.74) is 0. The number of carboxylic acid groups (broad SMARTS) is 1. The Morgan fingerprint density at radius 3 is 2.56 bits per heavy atom. The van der Waals surface area contributed by atoms with Gasteiger partial charge in [-0.25, -0.2) is 4.79 Å². The molecular formula is C9H14N2O4S. The molecule has 1 aliphatic heterocycles. The van der Waals surface area contributed by atoms with Crippen molar-refractivity contribution in [1.82, 2.24) is 10.6 Å². The molecular weight excluding hydrogens is 232 g/mol. The Morgan fingerprint density at radius 2 is 2.19 bits per heavy atom. The first-order valence-electron chi connectivity index (χ1n) is 4.88. The summed E-state index contributed by atoms with van der Waals surface area (Å²) in [6.07, 6.45) is 0. The maximum absolute atomic E-state index is 11.6. The molecule has 1 fully saturated rings. The minimum Gasteiger partial charge on any atom is -0.480 e. The summed E-state index contributed by atoms with van der Waals surface area (Å²) >= 11 is 1.02. The molecule has 1 saturated heterocycles. The number of carboxylic acids is 1. The highest BCUT2D eigenvalue weighted by Gasteiger charge is 2.31. The van der Waals surface area contributed by atoms with Gasteiger partial charge in [-0.1, -0.05) is 25.6 Å². The van der Waals surface area contributed by atoms with Crippen molar-refractivity contribution < 1.29 is 19.5 Å². The minimum atomic E-state index is -1.07. The second-order valence-corrected chi connectivity index (χ2v) is 4.86. The molecule has 0 saturated carbocycles. The van der Waals surface area contributed by atoms with E-state index >= 15 is 0 Å². The number of thioether (sulfide) groups is 1. The SMILES string of the molecule is CC(C)[C@@H](NC(=O)C1CSC(=O)N1)C(=O)O. The fourth-order valence-electron chi connectivity index (χ4n) is 1.29. The van der Waals surface area contributed by atoms with Gasteiger partial charge in [0.05, 0.1) is 0 Å². The third-order valence-corrected chi connectivity index (χ3v) is 3.10. The largest absolute Gasteiger partial charge is 0.480 e. The molecule has 1 rings (SSSR count). The average Bonchev–Trinajstić information content (AvgIpc) is 2.59. The van der Waals surface area contributed by atoms with Crippen LogP contribution in [0.15, 0.2) is 0 Å². The number of aliphatic carboxylic acids is 1. The van der Waals surface area contributed by atoms with Crippen molar-refractivity contribution in [3.8, 4) is 0 Å². The summed E-state index contributed by atoms with van der Waals surface area (Å²) in [6, 6.07) is -1.55. The van der Waals surface area contributed by atoms with Crippen LogP contribution in [0.4, 0.5) is 4.79 Å². The van der Waals surface area contributed by atoms with E-state index in [2.05, 4.69) is 10.6 Å². The topological polar surface area (TPSA) is 95.5 Å². The molecule has 0 aromatic carbocycles. The van der Waals surface area contributed by atoms with Gasteiger partial charge in [0, 0.05) is 5.75 Å². The Morgan fingerprint density at radius 1 is 1.56 bits per heavy atom. The van der Waals surface area contributed by atoms with Crippen molar-refractivity contribution in [2.45, 2.75) is 25.9 Å². The first-order valence-corrected chi connectivity index (χ1v) is 5.87. The lowest BCUT2D eigenvalue weighted by Gasteiger charge is -2.19. The maximum atomic E-state index is 11.6. The van der Waals surface area contributed by atoms with E-state index in [4.69, 9.17) is 5.11 Å². The Kier molecular flexibility index (Phi) is 4.17. The van der Waals surface area contributed by atoms with Crippen LogP contribution in [0.3, 0.4) is 0 Å². The van der Waals surface area contributed by atoms with Crippen molar-refractivity contribution in [2.75, 3.05) is 5.75 Å². The molecule has 0 aromatic heterocycles. The zero-order chi connectivity index (χ0) is 12.3. The van der Waals surface area contributed by atoms with Gasteiger partial charge in [-0.2, -0.15) is 0 Å². The van der Waals surface area contributed by atoms with Crippen LogP contribution >= 0.6 is 11.8 Å². The van der Waals surface area contributed by atoms with Gasteiger partial charge in [-0.15, -0.1) is 0 Å². The van der Waals surface area contributed by atoms with E-state index in [1.54, 1.807) is 13.8 Å². The number of nitrogens with one attached hydrogen (secondary N) is 2. The van der Waals surface area contributed by atoms with Crippen LogP contribution in [-0.4, -0.2) is 40.1 Å². The van der Waals surface area contributed by atoms with Gasteiger partial charge in [-0.05, 0) is 5.92 Å². The average molecular weight is 246 g/mol. The second-order valence-electron chi connectivity index (χ2n) is 3.86. The molecule has 90 valence electrons. The van der Waals surface area contributed by atoms with Crippen LogP contribution in [0.2, 0.25) is 0 Å². The summed E-state index contributed by atoms with van der Waals surface area (Å²) in [7, 11) is 0. The molecule has 2 amide bonds. The summed E-state index contributed by atoms with van der Waals surface area (Å²) in [4.78, 5) is 33.3. The summed E-state index contributed by atoms with van der Waals surface area (Å²) < 4.78 is 0. The molecule has 0 aliphatic carbocycles. The van der Waals surface area contributed by atoms with Crippen LogP contribution in [-0.2, 0) is 9.59 Å². The normalized spacial score (nSPS) is 21.7. The van der Waals surface area contributed by atoms with Crippen molar-refractivity contribution in [3.05, 3.63) is 0 Å². The van der Waals surface area contributed by atoms with Crippen LogP contribution in [0.5, 0.6) is 0 Å². The highest BCUT2D eigenvalue weighted by atomic mass is 32.2. The molecule has 3 N–H and O–H groups in total. The third-order valence-electron chi connectivity index (χ3n) is 2.22. The molecule has 1 unspecified atom stereocenters. The van der Waals surface area contributed by atoms with Gasteiger partial charge in [0.2, 0.25) is 5.91 Å². The lowest BCUT2D eigenvalue weighted by molar-refractivity contribution is -0.143. The number of rotatable bonds is 4. The molecule has 0 radical (unpaired) electrons. The number of amides is 2. The van der Waals surface area contributed by atoms with E-state index in [9.17, 15) is 14.4 Å².